The van der Waals surface area contributed by atoms with Gasteiger partial charge in [-0.25, -0.2) is 8.78 Å². The molecule has 0 N–H and O–H groups in total. The lowest BCUT2D eigenvalue weighted by molar-refractivity contribution is 0.528. The van der Waals surface area contributed by atoms with E-state index in [0.717, 1.165) is 6.07 Å². The molecule has 5 heteroatoms. The third kappa shape index (κ3) is 1.57. The zero-order valence-electron chi connectivity index (χ0n) is 6.68. The second kappa shape index (κ2) is 3.40. The molecule has 1 nitrogen and oxygen atoms in total. The van der Waals surface area contributed by atoms with Crippen molar-refractivity contribution in [2.24, 2.45) is 0 Å². The van der Waals surface area contributed by atoms with Gasteiger partial charge in [-0.15, -0.1) is 0 Å². The maximum atomic E-state index is 13.2. The smallest absolute Gasteiger partial charge is 0.205 e. The van der Waals surface area contributed by atoms with E-state index in [0.29, 0.717) is 9.86 Å². The van der Waals surface area contributed by atoms with Gasteiger partial charge in [-0.1, -0.05) is 0 Å². The van der Waals surface area contributed by atoms with E-state index in [-0.39, 0.29) is 10.3 Å². The van der Waals surface area contributed by atoms with Gasteiger partial charge in [0.2, 0.25) is 4.71 Å². The lowest BCUT2D eigenvalue weighted by atomic mass is 10.2. The van der Waals surface area contributed by atoms with Crippen LogP contribution >= 0.6 is 28.1 Å². The summed E-state index contributed by atoms with van der Waals surface area (Å²) in [4.78, 5) is 0. The van der Waals surface area contributed by atoms with Crippen LogP contribution in [-0.4, -0.2) is 0 Å². The quantitative estimate of drug-likeness (QED) is 0.669. The average Bonchev–Trinajstić information content (AvgIpc) is 2.08. The van der Waals surface area contributed by atoms with E-state index in [4.69, 9.17) is 16.6 Å². The van der Waals surface area contributed by atoms with Gasteiger partial charge in [-0.05, 0) is 40.3 Å². The number of rotatable bonds is 0. The summed E-state index contributed by atoms with van der Waals surface area (Å²) < 4.78 is 31.6. The van der Waals surface area contributed by atoms with Gasteiger partial charge in [0.15, 0.2) is 11.4 Å². The SMILES string of the molecule is Fc1cc(F)c2oc(=S)c(Br)cc2c1. The topological polar surface area (TPSA) is 13.1 Å². The van der Waals surface area contributed by atoms with Gasteiger partial charge < -0.3 is 4.42 Å². The zero-order chi connectivity index (χ0) is 10.3. The van der Waals surface area contributed by atoms with E-state index in [1.807, 2.05) is 0 Å². The van der Waals surface area contributed by atoms with Crippen LogP contribution in [0.5, 0.6) is 0 Å². The van der Waals surface area contributed by atoms with Gasteiger partial charge in [0.25, 0.3) is 0 Å². The third-order valence-corrected chi connectivity index (χ3v) is 2.86. The molecule has 0 unspecified atom stereocenters. The van der Waals surface area contributed by atoms with Crippen molar-refractivity contribution in [2.75, 3.05) is 0 Å². The lowest BCUT2D eigenvalue weighted by Gasteiger charge is -1.99. The number of hydrogen-bond acceptors (Lipinski definition) is 2. The standard InChI is InChI=1S/C9H3BrF2OS/c10-6-2-4-1-5(11)3-7(12)8(4)13-9(6)14/h1-3H. The highest BCUT2D eigenvalue weighted by atomic mass is 79.9. The van der Waals surface area contributed by atoms with E-state index in [1.54, 1.807) is 0 Å². The van der Waals surface area contributed by atoms with Gasteiger partial charge in [-0.2, -0.15) is 0 Å². The minimum absolute atomic E-state index is 0.0281. The molecule has 0 bridgehead atoms. The summed E-state index contributed by atoms with van der Waals surface area (Å²) >= 11 is 7.92. The summed E-state index contributed by atoms with van der Waals surface area (Å²) in [5.41, 5.74) is -0.0281. The number of benzene rings is 1. The first-order valence-corrected chi connectivity index (χ1v) is 4.86. The second-order valence-electron chi connectivity index (χ2n) is 2.69. The lowest BCUT2D eigenvalue weighted by Crippen LogP contribution is -1.83. The van der Waals surface area contributed by atoms with E-state index in [2.05, 4.69) is 15.9 Å². The van der Waals surface area contributed by atoms with Gasteiger partial charge in [-0.3, -0.25) is 0 Å². The van der Waals surface area contributed by atoms with Crippen LogP contribution in [0.2, 0.25) is 0 Å². The Morgan fingerprint density at radius 2 is 1.93 bits per heavy atom. The number of halogens is 3. The largest absolute Gasteiger partial charge is 0.441 e. The first kappa shape index (κ1) is 9.73. The highest BCUT2D eigenvalue weighted by molar-refractivity contribution is 9.10. The Balaban J connectivity index is 2.96. The van der Waals surface area contributed by atoms with Crippen LogP contribution in [0.3, 0.4) is 0 Å². The maximum absolute atomic E-state index is 13.2. The van der Waals surface area contributed by atoms with E-state index < -0.39 is 11.6 Å². The normalized spacial score (nSPS) is 10.8. The predicted octanol–water partition coefficient (Wildman–Crippen LogP) is 4.20. The minimum atomic E-state index is -0.751. The molecule has 0 atom stereocenters. The van der Waals surface area contributed by atoms with Crippen LogP contribution < -0.4 is 0 Å². The van der Waals surface area contributed by atoms with Crippen LogP contribution in [0.15, 0.2) is 27.1 Å². The van der Waals surface area contributed by atoms with E-state index in [1.165, 1.54) is 12.1 Å². The minimum Gasteiger partial charge on any atom is -0.441 e. The van der Waals surface area contributed by atoms with Gasteiger partial charge in [0, 0.05) is 11.5 Å². The molecule has 0 radical (unpaired) electrons. The molecule has 0 amide bonds. The molecule has 2 aromatic rings. The molecule has 1 aromatic heterocycles. The first-order valence-electron chi connectivity index (χ1n) is 3.66. The van der Waals surface area contributed by atoms with Crippen molar-refractivity contribution in [3.63, 3.8) is 0 Å². The molecular weight excluding hydrogens is 274 g/mol. The highest BCUT2D eigenvalue weighted by Gasteiger charge is 2.07. The molecule has 72 valence electrons. The Hall–Kier alpha value is -0.810. The molecule has 0 aliphatic carbocycles. The molecule has 0 saturated carbocycles. The van der Waals surface area contributed by atoms with Crippen LogP contribution in [0.4, 0.5) is 8.78 Å². The average molecular weight is 277 g/mol. The van der Waals surface area contributed by atoms with Crippen LogP contribution in [-0.2, 0) is 0 Å². The number of fused-ring (bicyclic) bond motifs is 1. The number of hydrogen-bond donors (Lipinski definition) is 0. The molecule has 2 rings (SSSR count). The van der Waals surface area contributed by atoms with Crippen LogP contribution in [0.1, 0.15) is 0 Å². The summed E-state index contributed by atoms with van der Waals surface area (Å²) in [6, 6.07) is 3.46. The van der Waals surface area contributed by atoms with Gasteiger partial charge in [0.05, 0.1) is 4.47 Å². The summed E-state index contributed by atoms with van der Waals surface area (Å²) in [6.07, 6.45) is 0. The molecule has 1 heterocycles. The van der Waals surface area contributed by atoms with Crippen molar-refractivity contribution < 1.29 is 13.2 Å². The molecular formula is C9H3BrF2OS. The Morgan fingerprint density at radius 1 is 1.21 bits per heavy atom. The van der Waals surface area contributed by atoms with Crippen molar-refractivity contribution in [3.8, 4) is 0 Å². The molecule has 0 spiro atoms. The van der Waals surface area contributed by atoms with Crippen molar-refractivity contribution >= 4 is 39.1 Å². The Morgan fingerprint density at radius 3 is 2.64 bits per heavy atom. The highest BCUT2D eigenvalue weighted by Crippen LogP contribution is 2.24. The molecule has 0 fully saturated rings. The fourth-order valence-electron chi connectivity index (χ4n) is 1.13. The Bertz CT molecular complexity index is 564. The van der Waals surface area contributed by atoms with Crippen molar-refractivity contribution in [1.29, 1.82) is 0 Å². The summed E-state index contributed by atoms with van der Waals surface area (Å²) in [7, 11) is 0. The summed E-state index contributed by atoms with van der Waals surface area (Å²) in [5.74, 6) is -1.40. The molecule has 14 heavy (non-hydrogen) atoms. The van der Waals surface area contributed by atoms with Crippen LogP contribution in [0.25, 0.3) is 11.0 Å². The van der Waals surface area contributed by atoms with Gasteiger partial charge >= 0.3 is 0 Å². The maximum Gasteiger partial charge on any atom is 0.205 e. The van der Waals surface area contributed by atoms with E-state index in [9.17, 15) is 8.78 Å². The third-order valence-electron chi connectivity index (χ3n) is 1.71. The first-order chi connectivity index (χ1) is 6.58. The van der Waals surface area contributed by atoms with Gasteiger partial charge in [0.1, 0.15) is 5.82 Å². The monoisotopic (exact) mass is 276 g/mol. The summed E-state index contributed by atoms with van der Waals surface area (Å²) in [5, 5.41) is 0.336. The second-order valence-corrected chi connectivity index (χ2v) is 3.91. The summed E-state index contributed by atoms with van der Waals surface area (Å²) in [6.45, 7) is 0. The van der Waals surface area contributed by atoms with Crippen molar-refractivity contribution in [2.45, 2.75) is 0 Å². The fraction of sp³-hybridized carbons (Fsp3) is 0. The van der Waals surface area contributed by atoms with Crippen LogP contribution in [0, 0.1) is 16.3 Å². The Kier molecular flexibility index (Phi) is 2.36. The van der Waals surface area contributed by atoms with Crippen molar-refractivity contribution in [3.05, 3.63) is 39.0 Å². The Labute approximate surface area is 91.5 Å². The molecule has 0 saturated heterocycles. The van der Waals surface area contributed by atoms with E-state index >= 15 is 0 Å². The molecule has 1 aromatic carbocycles. The predicted molar refractivity (Wildman–Crippen MR) is 54.7 cm³/mol. The zero-order valence-corrected chi connectivity index (χ0v) is 9.08. The molecule has 0 aliphatic heterocycles. The fourth-order valence-corrected chi connectivity index (χ4v) is 1.60. The van der Waals surface area contributed by atoms with Crippen molar-refractivity contribution in [1.82, 2.24) is 0 Å². The molecule has 0 aliphatic rings.